The van der Waals surface area contributed by atoms with E-state index in [1.165, 1.54) is 7.11 Å². The molecule has 1 N–H and O–H groups in total. The molecule has 1 amide bonds. The third kappa shape index (κ3) is 2.82. The fourth-order valence-corrected chi connectivity index (χ4v) is 0.975. The largest absolute Gasteiger partial charge is 0.494 e. The second kappa shape index (κ2) is 4.54. The van der Waals surface area contributed by atoms with Gasteiger partial charge in [-0.05, 0) is 18.6 Å². The zero-order valence-electron chi connectivity index (χ0n) is 7.74. The minimum atomic E-state index is -0.465. The summed E-state index contributed by atoms with van der Waals surface area (Å²) in [5, 5.41) is 2.57. The van der Waals surface area contributed by atoms with Gasteiger partial charge in [0, 0.05) is 5.70 Å². The van der Waals surface area contributed by atoms with E-state index in [4.69, 9.17) is 4.74 Å². The van der Waals surface area contributed by atoms with Crippen LogP contribution in [-0.2, 0) is 9.47 Å². The zero-order chi connectivity index (χ0) is 9.68. The van der Waals surface area contributed by atoms with Crippen LogP contribution >= 0.6 is 0 Å². The van der Waals surface area contributed by atoms with E-state index in [1.807, 2.05) is 13.0 Å². The van der Waals surface area contributed by atoms with E-state index in [0.29, 0.717) is 5.70 Å². The molecule has 1 atom stereocenters. The third-order valence-corrected chi connectivity index (χ3v) is 1.70. The highest BCUT2D eigenvalue weighted by Gasteiger charge is 2.09. The van der Waals surface area contributed by atoms with Gasteiger partial charge in [-0.15, -0.1) is 0 Å². The second-order valence-corrected chi connectivity index (χ2v) is 2.62. The molecule has 4 nitrogen and oxygen atoms in total. The van der Waals surface area contributed by atoms with Gasteiger partial charge in [-0.3, -0.25) is 5.32 Å². The van der Waals surface area contributed by atoms with Crippen molar-refractivity contribution in [1.82, 2.24) is 5.32 Å². The van der Waals surface area contributed by atoms with E-state index < -0.39 is 6.09 Å². The molecule has 1 unspecified atom stereocenters. The molecule has 1 rings (SSSR count). The Labute approximate surface area is 77.2 Å². The molecule has 0 aliphatic carbocycles. The van der Waals surface area contributed by atoms with Gasteiger partial charge in [0.2, 0.25) is 0 Å². The molecule has 1 aliphatic rings. The second-order valence-electron chi connectivity index (χ2n) is 2.62. The molecule has 4 heteroatoms. The SMILES string of the molecule is CCC1C=C(NC(=O)OC)C=CO1. The van der Waals surface area contributed by atoms with Crippen molar-refractivity contribution in [1.29, 1.82) is 0 Å². The summed E-state index contributed by atoms with van der Waals surface area (Å²) in [7, 11) is 1.33. The predicted molar refractivity (Wildman–Crippen MR) is 47.9 cm³/mol. The number of rotatable bonds is 2. The number of carbonyl (C=O) groups excluding carboxylic acids is 1. The Morgan fingerprint density at radius 1 is 1.77 bits per heavy atom. The maximum absolute atomic E-state index is 10.8. The van der Waals surface area contributed by atoms with Crippen LogP contribution in [0.1, 0.15) is 13.3 Å². The maximum Gasteiger partial charge on any atom is 0.411 e. The normalized spacial score (nSPS) is 20.2. The van der Waals surface area contributed by atoms with Crippen LogP contribution in [0, 0.1) is 0 Å². The van der Waals surface area contributed by atoms with Crippen molar-refractivity contribution in [2.75, 3.05) is 7.11 Å². The van der Waals surface area contributed by atoms with Crippen LogP contribution in [0.3, 0.4) is 0 Å². The van der Waals surface area contributed by atoms with Crippen LogP contribution in [0.25, 0.3) is 0 Å². The van der Waals surface area contributed by atoms with Crippen LogP contribution in [0.4, 0.5) is 4.79 Å². The molecular weight excluding hydrogens is 170 g/mol. The number of ether oxygens (including phenoxy) is 2. The van der Waals surface area contributed by atoms with Gasteiger partial charge in [0.25, 0.3) is 0 Å². The predicted octanol–water partition coefficient (Wildman–Crippen LogP) is 1.55. The highest BCUT2D eigenvalue weighted by Crippen LogP contribution is 2.10. The molecule has 13 heavy (non-hydrogen) atoms. The minimum Gasteiger partial charge on any atom is -0.494 e. The van der Waals surface area contributed by atoms with Gasteiger partial charge >= 0.3 is 6.09 Å². The van der Waals surface area contributed by atoms with Crippen molar-refractivity contribution in [3.63, 3.8) is 0 Å². The van der Waals surface area contributed by atoms with Crippen LogP contribution in [0.2, 0.25) is 0 Å². The van der Waals surface area contributed by atoms with Crippen molar-refractivity contribution in [3.8, 4) is 0 Å². The molecule has 0 fully saturated rings. The van der Waals surface area contributed by atoms with Crippen molar-refractivity contribution in [3.05, 3.63) is 24.1 Å². The van der Waals surface area contributed by atoms with Gasteiger partial charge in [-0.1, -0.05) is 6.92 Å². The zero-order valence-corrected chi connectivity index (χ0v) is 7.74. The Hall–Kier alpha value is -1.45. The Bertz CT molecular complexity index is 245. The maximum atomic E-state index is 10.8. The van der Waals surface area contributed by atoms with Crippen LogP contribution < -0.4 is 5.32 Å². The number of alkyl carbamates (subject to hydrolysis) is 1. The van der Waals surface area contributed by atoms with E-state index in [-0.39, 0.29) is 6.10 Å². The first-order chi connectivity index (χ1) is 6.26. The minimum absolute atomic E-state index is 0.0390. The van der Waals surface area contributed by atoms with Gasteiger partial charge in [-0.2, -0.15) is 0 Å². The van der Waals surface area contributed by atoms with E-state index in [2.05, 4.69) is 10.1 Å². The summed E-state index contributed by atoms with van der Waals surface area (Å²) in [6.07, 6.45) is 5.54. The molecule has 0 aromatic heterocycles. The summed E-state index contributed by atoms with van der Waals surface area (Å²) in [4.78, 5) is 10.8. The third-order valence-electron chi connectivity index (χ3n) is 1.70. The number of carbonyl (C=O) groups is 1. The lowest BCUT2D eigenvalue weighted by molar-refractivity contribution is 0.168. The number of allylic oxidation sites excluding steroid dienone is 1. The molecule has 0 radical (unpaired) electrons. The standard InChI is InChI=1S/C9H13NO3/c1-3-8-6-7(4-5-13-8)10-9(11)12-2/h4-6,8H,3H2,1-2H3,(H,10,11). The Balaban J connectivity index is 2.53. The Morgan fingerprint density at radius 2 is 2.54 bits per heavy atom. The van der Waals surface area contributed by atoms with Gasteiger partial charge in [0.05, 0.1) is 13.4 Å². The number of amides is 1. The fourth-order valence-electron chi connectivity index (χ4n) is 0.975. The number of nitrogens with one attached hydrogen (secondary N) is 1. The molecule has 0 saturated carbocycles. The van der Waals surface area contributed by atoms with E-state index in [9.17, 15) is 4.79 Å². The Morgan fingerprint density at radius 3 is 3.15 bits per heavy atom. The van der Waals surface area contributed by atoms with Crippen molar-refractivity contribution >= 4 is 6.09 Å². The lowest BCUT2D eigenvalue weighted by Crippen LogP contribution is -2.24. The summed E-state index contributed by atoms with van der Waals surface area (Å²) in [6, 6.07) is 0. The smallest absolute Gasteiger partial charge is 0.411 e. The highest BCUT2D eigenvalue weighted by atomic mass is 16.5. The first kappa shape index (κ1) is 9.64. The van der Waals surface area contributed by atoms with Gasteiger partial charge in [0.15, 0.2) is 0 Å². The lowest BCUT2D eigenvalue weighted by atomic mass is 10.2. The molecule has 0 bridgehead atoms. The average molecular weight is 183 g/mol. The first-order valence-electron chi connectivity index (χ1n) is 4.15. The molecule has 0 aromatic carbocycles. The summed E-state index contributed by atoms with van der Waals surface area (Å²) in [5.41, 5.74) is 0.713. The number of hydrogen-bond donors (Lipinski definition) is 1. The van der Waals surface area contributed by atoms with E-state index in [0.717, 1.165) is 6.42 Å². The number of hydrogen-bond acceptors (Lipinski definition) is 3. The lowest BCUT2D eigenvalue weighted by Gasteiger charge is -2.16. The number of methoxy groups -OCH3 is 1. The molecule has 0 spiro atoms. The first-order valence-corrected chi connectivity index (χ1v) is 4.15. The van der Waals surface area contributed by atoms with Gasteiger partial charge in [0.1, 0.15) is 6.10 Å². The quantitative estimate of drug-likeness (QED) is 0.706. The fraction of sp³-hybridized carbons (Fsp3) is 0.444. The molecule has 1 aliphatic heterocycles. The summed E-state index contributed by atoms with van der Waals surface area (Å²) in [5.74, 6) is 0. The monoisotopic (exact) mass is 183 g/mol. The summed E-state index contributed by atoms with van der Waals surface area (Å²) < 4.78 is 9.68. The van der Waals surface area contributed by atoms with Crippen LogP contribution in [0.5, 0.6) is 0 Å². The molecular formula is C9H13NO3. The molecule has 0 saturated heterocycles. The Kier molecular flexibility index (Phi) is 3.37. The van der Waals surface area contributed by atoms with Crippen LogP contribution in [0.15, 0.2) is 24.1 Å². The van der Waals surface area contributed by atoms with E-state index in [1.54, 1.807) is 12.3 Å². The molecule has 0 aromatic rings. The van der Waals surface area contributed by atoms with Crippen molar-refractivity contribution < 1.29 is 14.3 Å². The van der Waals surface area contributed by atoms with Crippen molar-refractivity contribution in [2.24, 2.45) is 0 Å². The van der Waals surface area contributed by atoms with E-state index >= 15 is 0 Å². The van der Waals surface area contributed by atoms with Crippen LogP contribution in [-0.4, -0.2) is 19.3 Å². The highest BCUT2D eigenvalue weighted by molar-refractivity contribution is 5.70. The average Bonchev–Trinajstić information content (AvgIpc) is 2.18. The van der Waals surface area contributed by atoms with Gasteiger partial charge in [-0.25, -0.2) is 4.79 Å². The van der Waals surface area contributed by atoms with Gasteiger partial charge < -0.3 is 9.47 Å². The van der Waals surface area contributed by atoms with Crippen molar-refractivity contribution in [2.45, 2.75) is 19.4 Å². The summed E-state index contributed by atoms with van der Waals surface area (Å²) >= 11 is 0. The molecule has 72 valence electrons. The topological polar surface area (TPSA) is 47.6 Å². The molecule has 1 heterocycles. The summed E-state index contributed by atoms with van der Waals surface area (Å²) in [6.45, 7) is 2.01.